The molecule has 0 aromatic carbocycles. The molecule has 0 aliphatic carbocycles. The lowest BCUT2D eigenvalue weighted by Gasteiger charge is -2.02. The van der Waals surface area contributed by atoms with Crippen LogP contribution in [0.5, 0.6) is 0 Å². The molecule has 0 spiro atoms. The Balaban J connectivity index is 2.04. The molecule has 0 atom stereocenters. The topological polar surface area (TPSA) is 42.7 Å². The lowest BCUT2D eigenvalue weighted by atomic mass is 10.3. The summed E-state index contributed by atoms with van der Waals surface area (Å²) in [7, 11) is 0. The minimum atomic E-state index is 0.393. The van der Waals surface area contributed by atoms with E-state index < -0.39 is 0 Å². The third-order valence-electron chi connectivity index (χ3n) is 2.66. The molecule has 0 unspecified atom stereocenters. The number of hydrogen-bond donors (Lipinski definition) is 1. The first-order valence-corrected chi connectivity index (χ1v) is 7.28. The van der Waals surface area contributed by atoms with Crippen LogP contribution in [0.1, 0.15) is 38.9 Å². The highest BCUT2D eigenvalue weighted by atomic mass is 32.1. The van der Waals surface area contributed by atoms with Crippen LogP contribution in [0.3, 0.4) is 0 Å². The van der Waals surface area contributed by atoms with Gasteiger partial charge in [-0.15, -0.1) is 11.3 Å². The zero-order valence-corrected chi connectivity index (χ0v) is 12.0. The highest BCUT2D eigenvalue weighted by Crippen LogP contribution is 2.23. The van der Waals surface area contributed by atoms with Gasteiger partial charge < -0.3 is 5.32 Å². The van der Waals surface area contributed by atoms with Crippen LogP contribution in [0, 0.1) is 0 Å². The first-order valence-electron chi connectivity index (χ1n) is 6.40. The second-order valence-electron chi connectivity index (χ2n) is 4.62. The second kappa shape index (κ2) is 6.11. The number of hydrogen-bond acceptors (Lipinski definition) is 4. The van der Waals surface area contributed by atoms with E-state index in [2.05, 4.69) is 47.7 Å². The lowest BCUT2D eigenvalue weighted by molar-refractivity contribution is 0.532. The quantitative estimate of drug-likeness (QED) is 0.815. The standard InChI is InChI=1S/C13H20N4S/c1-4-5-14-7-12-9-18-13(16-12)11-6-15-17(8-11)10(2)3/h6,8-10,14H,4-5,7H2,1-3H3. The summed E-state index contributed by atoms with van der Waals surface area (Å²) in [6.45, 7) is 8.30. The van der Waals surface area contributed by atoms with Gasteiger partial charge in [-0.3, -0.25) is 4.68 Å². The second-order valence-corrected chi connectivity index (χ2v) is 5.48. The molecule has 5 heteroatoms. The van der Waals surface area contributed by atoms with E-state index in [1.165, 1.54) is 0 Å². The Morgan fingerprint density at radius 2 is 2.28 bits per heavy atom. The third kappa shape index (κ3) is 3.17. The fourth-order valence-corrected chi connectivity index (χ4v) is 2.44. The van der Waals surface area contributed by atoms with E-state index in [1.807, 2.05) is 10.9 Å². The fraction of sp³-hybridized carbons (Fsp3) is 0.538. The van der Waals surface area contributed by atoms with Gasteiger partial charge in [0.15, 0.2) is 0 Å². The number of thiazole rings is 1. The van der Waals surface area contributed by atoms with Gasteiger partial charge in [-0.2, -0.15) is 5.10 Å². The molecule has 2 rings (SSSR count). The van der Waals surface area contributed by atoms with Gasteiger partial charge in [-0.1, -0.05) is 6.92 Å². The van der Waals surface area contributed by atoms with Crippen LogP contribution in [0.4, 0.5) is 0 Å². The van der Waals surface area contributed by atoms with Gasteiger partial charge in [-0.25, -0.2) is 4.98 Å². The maximum atomic E-state index is 4.63. The van der Waals surface area contributed by atoms with Crippen molar-refractivity contribution in [3.8, 4) is 10.6 Å². The molecule has 18 heavy (non-hydrogen) atoms. The molecule has 4 nitrogen and oxygen atoms in total. The molecule has 98 valence electrons. The van der Waals surface area contributed by atoms with Crippen LogP contribution in [0.2, 0.25) is 0 Å². The third-order valence-corrected chi connectivity index (χ3v) is 3.60. The lowest BCUT2D eigenvalue weighted by Crippen LogP contribution is -2.13. The SMILES string of the molecule is CCCNCc1csc(-c2cnn(C(C)C)c2)n1. The van der Waals surface area contributed by atoms with E-state index in [-0.39, 0.29) is 0 Å². The van der Waals surface area contributed by atoms with Gasteiger partial charge in [0, 0.05) is 29.7 Å². The van der Waals surface area contributed by atoms with E-state index in [1.54, 1.807) is 11.3 Å². The average molecular weight is 264 g/mol. The van der Waals surface area contributed by atoms with Gasteiger partial charge >= 0.3 is 0 Å². The van der Waals surface area contributed by atoms with Crippen LogP contribution in [-0.4, -0.2) is 21.3 Å². The zero-order valence-electron chi connectivity index (χ0n) is 11.2. The molecular weight excluding hydrogens is 244 g/mol. The van der Waals surface area contributed by atoms with Gasteiger partial charge in [0.2, 0.25) is 0 Å². The maximum Gasteiger partial charge on any atom is 0.126 e. The molecule has 0 aliphatic rings. The number of rotatable bonds is 6. The molecule has 0 amide bonds. The summed E-state index contributed by atoms with van der Waals surface area (Å²) in [6, 6.07) is 0.393. The number of aromatic nitrogens is 3. The number of nitrogens with zero attached hydrogens (tertiary/aromatic N) is 3. The first kappa shape index (κ1) is 13.2. The molecular formula is C13H20N4S. The molecule has 0 saturated heterocycles. The van der Waals surface area contributed by atoms with Crippen molar-refractivity contribution in [2.75, 3.05) is 6.54 Å². The molecule has 1 N–H and O–H groups in total. The minimum Gasteiger partial charge on any atom is -0.311 e. The van der Waals surface area contributed by atoms with Crippen molar-refractivity contribution in [1.29, 1.82) is 0 Å². The van der Waals surface area contributed by atoms with Gasteiger partial charge in [-0.05, 0) is 26.8 Å². The molecule has 0 saturated carbocycles. The Morgan fingerprint density at radius 1 is 1.44 bits per heavy atom. The van der Waals surface area contributed by atoms with E-state index in [9.17, 15) is 0 Å². The Morgan fingerprint density at radius 3 is 2.94 bits per heavy atom. The summed E-state index contributed by atoms with van der Waals surface area (Å²) >= 11 is 1.68. The van der Waals surface area contributed by atoms with E-state index in [0.717, 1.165) is 35.8 Å². The molecule has 0 bridgehead atoms. The van der Waals surface area contributed by atoms with E-state index in [0.29, 0.717) is 6.04 Å². The van der Waals surface area contributed by atoms with Gasteiger partial charge in [0.05, 0.1) is 11.9 Å². The van der Waals surface area contributed by atoms with Gasteiger partial charge in [0.1, 0.15) is 5.01 Å². The van der Waals surface area contributed by atoms with Crippen molar-refractivity contribution in [3.63, 3.8) is 0 Å². The monoisotopic (exact) mass is 264 g/mol. The van der Waals surface area contributed by atoms with E-state index >= 15 is 0 Å². The van der Waals surface area contributed by atoms with Crippen molar-refractivity contribution in [3.05, 3.63) is 23.5 Å². The van der Waals surface area contributed by atoms with Gasteiger partial charge in [0.25, 0.3) is 0 Å². The minimum absolute atomic E-state index is 0.393. The summed E-state index contributed by atoms with van der Waals surface area (Å²) in [6.07, 6.45) is 5.10. The molecule has 0 fully saturated rings. The van der Waals surface area contributed by atoms with Crippen LogP contribution in [0.15, 0.2) is 17.8 Å². The van der Waals surface area contributed by atoms with Crippen molar-refractivity contribution in [2.45, 2.75) is 39.8 Å². The molecule has 2 aromatic rings. The molecule has 2 heterocycles. The smallest absolute Gasteiger partial charge is 0.126 e. The predicted molar refractivity (Wildman–Crippen MR) is 75.7 cm³/mol. The van der Waals surface area contributed by atoms with Crippen molar-refractivity contribution in [1.82, 2.24) is 20.1 Å². The molecule has 0 aliphatic heterocycles. The van der Waals surface area contributed by atoms with Crippen LogP contribution in [-0.2, 0) is 6.54 Å². The van der Waals surface area contributed by atoms with Crippen LogP contribution in [0.25, 0.3) is 10.6 Å². The highest BCUT2D eigenvalue weighted by molar-refractivity contribution is 7.13. The first-order chi connectivity index (χ1) is 8.70. The summed E-state index contributed by atoms with van der Waals surface area (Å²) < 4.78 is 1.96. The fourth-order valence-electron chi connectivity index (χ4n) is 1.64. The average Bonchev–Trinajstić information content (AvgIpc) is 2.97. The summed E-state index contributed by atoms with van der Waals surface area (Å²) in [5.74, 6) is 0. The highest BCUT2D eigenvalue weighted by Gasteiger charge is 2.08. The predicted octanol–water partition coefficient (Wildman–Crippen LogP) is 3.09. The Labute approximate surface area is 112 Å². The normalized spacial score (nSPS) is 11.3. The molecule has 0 radical (unpaired) electrons. The maximum absolute atomic E-state index is 4.63. The Kier molecular flexibility index (Phi) is 4.49. The largest absolute Gasteiger partial charge is 0.311 e. The number of nitrogens with one attached hydrogen (secondary N) is 1. The summed E-state index contributed by atoms with van der Waals surface area (Å²) in [4.78, 5) is 4.63. The zero-order chi connectivity index (χ0) is 13.0. The Bertz CT molecular complexity index is 487. The summed E-state index contributed by atoms with van der Waals surface area (Å²) in [5, 5.41) is 10.9. The van der Waals surface area contributed by atoms with E-state index in [4.69, 9.17) is 0 Å². The van der Waals surface area contributed by atoms with Crippen LogP contribution >= 0.6 is 11.3 Å². The van der Waals surface area contributed by atoms with Crippen molar-refractivity contribution < 1.29 is 0 Å². The Hall–Kier alpha value is -1.20. The molecule has 2 aromatic heterocycles. The van der Waals surface area contributed by atoms with Crippen molar-refractivity contribution >= 4 is 11.3 Å². The van der Waals surface area contributed by atoms with Crippen molar-refractivity contribution in [2.24, 2.45) is 0 Å². The van der Waals surface area contributed by atoms with Crippen LogP contribution < -0.4 is 5.32 Å². The summed E-state index contributed by atoms with van der Waals surface area (Å²) in [5.41, 5.74) is 2.22.